The second-order valence-electron chi connectivity index (χ2n) is 2.50. The van der Waals surface area contributed by atoms with E-state index in [2.05, 4.69) is 11.3 Å². The first-order chi connectivity index (χ1) is 5.99. The summed E-state index contributed by atoms with van der Waals surface area (Å²) in [4.78, 5) is 21.0. The van der Waals surface area contributed by atoms with Gasteiger partial charge in [0.1, 0.15) is 5.92 Å². The van der Waals surface area contributed by atoms with Crippen molar-refractivity contribution in [3.8, 4) is 0 Å². The lowest BCUT2D eigenvalue weighted by atomic mass is 10.1. The maximum Gasteiger partial charge on any atom is 0.341 e. The van der Waals surface area contributed by atoms with Crippen molar-refractivity contribution in [2.75, 3.05) is 6.61 Å². The molecule has 0 bridgehead atoms. The fraction of sp³-hybridized carbons (Fsp3) is 0.500. The average Bonchev–Trinajstić information content (AvgIpc) is 2.01. The van der Waals surface area contributed by atoms with Gasteiger partial charge < -0.3 is 14.9 Å². The summed E-state index contributed by atoms with van der Waals surface area (Å²) < 4.78 is 4.35. The van der Waals surface area contributed by atoms with Crippen molar-refractivity contribution in [1.82, 2.24) is 0 Å². The zero-order valence-electron chi connectivity index (χ0n) is 7.27. The summed E-state index contributed by atoms with van der Waals surface area (Å²) in [7, 11) is 0. The van der Waals surface area contributed by atoms with Crippen molar-refractivity contribution >= 4 is 11.9 Å². The fourth-order valence-electron chi connectivity index (χ4n) is 0.719. The summed E-state index contributed by atoms with van der Waals surface area (Å²) in [5.41, 5.74) is 0. The van der Waals surface area contributed by atoms with Crippen LogP contribution in [0.3, 0.4) is 0 Å². The van der Waals surface area contributed by atoms with E-state index >= 15 is 0 Å². The molecule has 0 aromatic heterocycles. The van der Waals surface area contributed by atoms with Crippen molar-refractivity contribution in [2.24, 2.45) is 5.92 Å². The van der Waals surface area contributed by atoms with Crippen molar-refractivity contribution in [3.63, 3.8) is 0 Å². The summed E-state index contributed by atoms with van der Waals surface area (Å²) in [6.45, 7) is 4.02. The van der Waals surface area contributed by atoms with Gasteiger partial charge in [0.15, 0.2) is 6.61 Å². The number of aliphatic carboxylic acids is 1. The Morgan fingerprint density at radius 3 is 2.46 bits per heavy atom. The van der Waals surface area contributed by atoms with E-state index in [1.54, 1.807) is 0 Å². The smallest absolute Gasteiger partial charge is 0.341 e. The highest BCUT2D eigenvalue weighted by atomic mass is 16.6. The maximum absolute atomic E-state index is 11.0. The summed E-state index contributed by atoms with van der Waals surface area (Å²) in [6, 6.07) is 0. The molecule has 0 spiro atoms. The van der Waals surface area contributed by atoms with E-state index in [0.717, 1.165) is 0 Å². The van der Waals surface area contributed by atoms with Gasteiger partial charge in [0.25, 0.3) is 0 Å². The second kappa shape index (κ2) is 5.31. The third kappa shape index (κ3) is 4.27. The minimum atomic E-state index is -1.23. The highest BCUT2D eigenvalue weighted by Gasteiger charge is 2.22. The van der Waals surface area contributed by atoms with Gasteiger partial charge >= 0.3 is 11.9 Å². The van der Waals surface area contributed by atoms with E-state index in [1.165, 1.54) is 13.0 Å². The van der Waals surface area contributed by atoms with Gasteiger partial charge in [-0.1, -0.05) is 6.08 Å². The average molecular weight is 188 g/mol. The van der Waals surface area contributed by atoms with Gasteiger partial charge in [-0.15, -0.1) is 6.58 Å². The standard InChI is InChI=1S/C8H12O5/c1-3-6(5(2)9)8(12)13-4-7(10)11/h3,5-6,9H,1,4H2,2H3,(H,10,11). The summed E-state index contributed by atoms with van der Waals surface area (Å²) in [6.07, 6.45) is 0.285. The Balaban J connectivity index is 4.07. The maximum atomic E-state index is 11.0. The molecule has 0 aromatic carbocycles. The number of rotatable bonds is 5. The van der Waals surface area contributed by atoms with Crippen molar-refractivity contribution in [3.05, 3.63) is 12.7 Å². The van der Waals surface area contributed by atoms with Crippen molar-refractivity contribution < 1.29 is 24.5 Å². The van der Waals surface area contributed by atoms with Crippen LogP contribution in [0.2, 0.25) is 0 Å². The molecule has 74 valence electrons. The van der Waals surface area contributed by atoms with E-state index < -0.39 is 30.6 Å². The van der Waals surface area contributed by atoms with Crippen LogP contribution in [0, 0.1) is 5.92 Å². The predicted octanol–water partition coefficient (Wildman–Crippen LogP) is -0.203. The van der Waals surface area contributed by atoms with Crippen molar-refractivity contribution in [2.45, 2.75) is 13.0 Å². The summed E-state index contributed by atoms with van der Waals surface area (Å²) in [5.74, 6) is -2.89. The molecule has 0 saturated carbocycles. The Morgan fingerprint density at radius 2 is 2.15 bits per heavy atom. The van der Waals surface area contributed by atoms with E-state index in [4.69, 9.17) is 10.2 Å². The van der Waals surface area contributed by atoms with Gasteiger partial charge in [-0.3, -0.25) is 4.79 Å². The van der Waals surface area contributed by atoms with Gasteiger partial charge in [0.2, 0.25) is 0 Å². The topological polar surface area (TPSA) is 83.8 Å². The molecule has 0 aliphatic rings. The molecule has 2 N–H and O–H groups in total. The number of hydrogen-bond donors (Lipinski definition) is 2. The van der Waals surface area contributed by atoms with E-state index in [0.29, 0.717) is 0 Å². The van der Waals surface area contributed by atoms with Gasteiger partial charge in [-0.05, 0) is 6.92 Å². The number of esters is 1. The molecule has 0 fully saturated rings. The molecule has 2 unspecified atom stereocenters. The van der Waals surface area contributed by atoms with Crippen LogP contribution in [-0.2, 0) is 14.3 Å². The first-order valence-corrected chi connectivity index (χ1v) is 3.68. The largest absolute Gasteiger partial charge is 0.479 e. The quantitative estimate of drug-likeness (QED) is 0.461. The Bertz CT molecular complexity index is 209. The third-order valence-electron chi connectivity index (χ3n) is 1.38. The Kier molecular flexibility index (Phi) is 4.76. The van der Waals surface area contributed by atoms with Crippen LogP contribution in [0.25, 0.3) is 0 Å². The van der Waals surface area contributed by atoms with Crippen LogP contribution in [0.15, 0.2) is 12.7 Å². The number of ether oxygens (including phenoxy) is 1. The summed E-state index contributed by atoms with van der Waals surface area (Å²) in [5, 5.41) is 17.2. The molecule has 0 heterocycles. The molecule has 13 heavy (non-hydrogen) atoms. The molecule has 0 aromatic rings. The van der Waals surface area contributed by atoms with Gasteiger partial charge in [0, 0.05) is 0 Å². The lowest BCUT2D eigenvalue weighted by molar-refractivity contribution is -0.159. The number of carbonyl (C=O) groups excluding carboxylic acids is 1. The number of aliphatic hydroxyl groups excluding tert-OH is 1. The van der Waals surface area contributed by atoms with Crippen LogP contribution >= 0.6 is 0 Å². The normalized spacial score (nSPS) is 14.3. The van der Waals surface area contributed by atoms with Gasteiger partial charge in [0.05, 0.1) is 6.10 Å². The van der Waals surface area contributed by atoms with Crippen LogP contribution < -0.4 is 0 Å². The SMILES string of the molecule is C=CC(C(=O)OCC(=O)O)C(C)O. The molecule has 0 aliphatic heterocycles. The molecule has 0 aliphatic carbocycles. The van der Waals surface area contributed by atoms with Crippen molar-refractivity contribution in [1.29, 1.82) is 0 Å². The minimum Gasteiger partial charge on any atom is -0.479 e. The Hall–Kier alpha value is -1.36. The monoisotopic (exact) mass is 188 g/mol. The van der Waals surface area contributed by atoms with E-state index in [9.17, 15) is 9.59 Å². The fourth-order valence-corrected chi connectivity index (χ4v) is 0.719. The molecule has 0 amide bonds. The highest BCUT2D eigenvalue weighted by molar-refractivity contribution is 5.78. The zero-order chi connectivity index (χ0) is 10.4. The molecule has 2 atom stereocenters. The lowest BCUT2D eigenvalue weighted by Gasteiger charge is -2.13. The Morgan fingerprint density at radius 1 is 1.62 bits per heavy atom. The number of hydrogen-bond acceptors (Lipinski definition) is 4. The molecular weight excluding hydrogens is 176 g/mol. The first-order valence-electron chi connectivity index (χ1n) is 3.68. The van der Waals surface area contributed by atoms with E-state index in [-0.39, 0.29) is 0 Å². The third-order valence-corrected chi connectivity index (χ3v) is 1.38. The molecule has 0 saturated heterocycles. The number of carbonyl (C=O) groups is 2. The zero-order valence-corrected chi connectivity index (χ0v) is 7.27. The van der Waals surface area contributed by atoms with Crippen LogP contribution in [-0.4, -0.2) is 34.9 Å². The van der Waals surface area contributed by atoms with Crippen LogP contribution in [0.1, 0.15) is 6.92 Å². The molecule has 0 rings (SSSR count). The molecule has 5 nitrogen and oxygen atoms in total. The predicted molar refractivity (Wildman–Crippen MR) is 44.0 cm³/mol. The van der Waals surface area contributed by atoms with E-state index in [1.807, 2.05) is 0 Å². The Labute approximate surface area is 75.6 Å². The summed E-state index contributed by atoms with van der Waals surface area (Å²) >= 11 is 0. The number of carboxylic acid groups (broad SMARTS) is 1. The number of aliphatic hydroxyl groups is 1. The van der Waals surface area contributed by atoms with Crippen LogP contribution in [0.5, 0.6) is 0 Å². The molecule has 0 radical (unpaired) electrons. The first kappa shape index (κ1) is 11.6. The molecular formula is C8H12O5. The molecule has 5 heteroatoms. The lowest BCUT2D eigenvalue weighted by Crippen LogP contribution is -2.27. The highest BCUT2D eigenvalue weighted by Crippen LogP contribution is 2.06. The van der Waals surface area contributed by atoms with Crippen LogP contribution in [0.4, 0.5) is 0 Å². The minimum absolute atomic E-state index is 0.699. The number of carboxylic acids is 1. The van der Waals surface area contributed by atoms with Gasteiger partial charge in [-0.2, -0.15) is 0 Å². The second-order valence-corrected chi connectivity index (χ2v) is 2.50. The van der Waals surface area contributed by atoms with Gasteiger partial charge in [-0.25, -0.2) is 4.79 Å².